The molecule has 120 valence electrons. The molecule has 0 aliphatic heterocycles. The van der Waals surface area contributed by atoms with Gasteiger partial charge in [-0.3, -0.25) is 4.68 Å². The molecular formula is C16H31N5. The van der Waals surface area contributed by atoms with Crippen LogP contribution in [0.25, 0.3) is 0 Å². The lowest BCUT2D eigenvalue weighted by atomic mass is 10.1. The zero-order valence-electron chi connectivity index (χ0n) is 14.5. The highest BCUT2D eigenvalue weighted by Gasteiger charge is 2.13. The molecular weight excluding hydrogens is 262 g/mol. The van der Waals surface area contributed by atoms with E-state index in [-0.39, 0.29) is 0 Å². The van der Waals surface area contributed by atoms with E-state index in [0.29, 0.717) is 12.6 Å². The Balaban J connectivity index is 2.93. The number of nitrogens with zero attached hydrogens (tertiary/aromatic N) is 3. The van der Waals surface area contributed by atoms with E-state index in [0.717, 1.165) is 37.5 Å². The van der Waals surface area contributed by atoms with Crippen LogP contribution in [0.2, 0.25) is 0 Å². The molecule has 5 nitrogen and oxygen atoms in total. The van der Waals surface area contributed by atoms with Gasteiger partial charge in [0.05, 0.1) is 12.2 Å². The maximum atomic E-state index is 4.74. The third kappa shape index (κ3) is 4.76. The van der Waals surface area contributed by atoms with Gasteiger partial charge in [0, 0.05) is 30.9 Å². The molecule has 1 unspecified atom stereocenters. The maximum Gasteiger partial charge on any atom is 0.191 e. The van der Waals surface area contributed by atoms with Gasteiger partial charge in [-0.2, -0.15) is 5.10 Å². The number of guanidine groups is 1. The van der Waals surface area contributed by atoms with Crippen LogP contribution in [0.4, 0.5) is 0 Å². The van der Waals surface area contributed by atoms with Crippen molar-refractivity contribution in [3.63, 3.8) is 0 Å². The van der Waals surface area contributed by atoms with Gasteiger partial charge >= 0.3 is 0 Å². The Morgan fingerprint density at radius 3 is 2.48 bits per heavy atom. The summed E-state index contributed by atoms with van der Waals surface area (Å²) in [5.41, 5.74) is 3.73. The van der Waals surface area contributed by atoms with Crippen molar-refractivity contribution in [1.82, 2.24) is 20.4 Å². The quantitative estimate of drug-likeness (QED) is 0.599. The fourth-order valence-electron chi connectivity index (χ4n) is 2.39. The van der Waals surface area contributed by atoms with Crippen LogP contribution in [0.1, 0.15) is 58.0 Å². The van der Waals surface area contributed by atoms with Crippen LogP contribution in [0.3, 0.4) is 0 Å². The van der Waals surface area contributed by atoms with Gasteiger partial charge in [0.15, 0.2) is 5.96 Å². The van der Waals surface area contributed by atoms with Gasteiger partial charge in [0.1, 0.15) is 0 Å². The van der Waals surface area contributed by atoms with Crippen LogP contribution in [0.5, 0.6) is 0 Å². The van der Waals surface area contributed by atoms with E-state index in [1.165, 1.54) is 11.3 Å². The van der Waals surface area contributed by atoms with Crippen LogP contribution >= 0.6 is 0 Å². The largest absolute Gasteiger partial charge is 0.357 e. The fraction of sp³-hybridized carbons (Fsp3) is 0.750. The Bertz CT molecular complexity index is 461. The minimum absolute atomic E-state index is 0.424. The summed E-state index contributed by atoms with van der Waals surface area (Å²) >= 11 is 0. The predicted octanol–water partition coefficient (Wildman–Crippen LogP) is 2.40. The van der Waals surface area contributed by atoms with Gasteiger partial charge in [-0.25, -0.2) is 4.99 Å². The summed E-state index contributed by atoms with van der Waals surface area (Å²) in [6, 6.07) is 0.424. The van der Waals surface area contributed by atoms with Gasteiger partial charge in [-0.1, -0.05) is 20.8 Å². The molecule has 0 amide bonds. The van der Waals surface area contributed by atoms with Crippen LogP contribution < -0.4 is 10.6 Å². The van der Waals surface area contributed by atoms with Crippen molar-refractivity contribution in [3.05, 3.63) is 17.0 Å². The van der Waals surface area contributed by atoms with Crippen molar-refractivity contribution in [2.45, 2.75) is 66.5 Å². The summed E-state index contributed by atoms with van der Waals surface area (Å²) < 4.78 is 2.00. The first-order valence-corrected chi connectivity index (χ1v) is 8.15. The first-order chi connectivity index (χ1) is 10.1. The molecule has 0 spiro atoms. The molecule has 0 saturated carbocycles. The minimum Gasteiger partial charge on any atom is -0.357 e. The number of aliphatic imine (C=N–C) groups is 1. The van der Waals surface area contributed by atoms with E-state index >= 15 is 0 Å². The summed E-state index contributed by atoms with van der Waals surface area (Å²) in [6.45, 7) is 12.3. The molecule has 5 heteroatoms. The van der Waals surface area contributed by atoms with E-state index in [2.05, 4.69) is 50.4 Å². The van der Waals surface area contributed by atoms with Gasteiger partial charge in [-0.15, -0.1) is 0 Å². The molecule has 2 N–H and O–H groups in total. The van der Waals surface area contributed by atoms with Crippen molar-refractivity contribution < 1.29 is 0 Å². The Morgan fingerprint density at radius 1 is 1.24 bits per heavy atom. The molecule has 1 aromatic heterocycles. The Hall–Kier alpha value is -1.52. The average Bonchev–Trinajstić information content (AvgIpc) is 2.79. The molecule has 21 heavy (non-hydrogen) atoms. The summed E-state index contributed by atoms with van der Waals surface area (Å²) in [6.07, 6.45) is 3.02. The van der Waals surface area contributed by atoms with Crippen molar-refractivity contribution in [1.29, 1.82) is 0 Å². The first-order valence-electron chi connectivity index (χ1n) is 8.15. The minimum atomic E-state index is 0.424. The number of hydrogen-bond donors (Lipinski definition) is 2. The lowest BCUT2D eigenvalue weighted by Gasteiger charge is -2.16. The monoisotopic (exact) mass is 293 g/mol. The zero-order valence-corrected chi connectivity index (χ0v) is 14.5. The summed E-state index contributed by atoms with van der Waals surface area (Å²) in [4.78, 5) is 4.74. The third-order valence-corrected chi connectivity index (χ3v) is 3.76. The molecule has 1 rings (SSSR count). The van der Waals surface area contributed by atoms with Gasteiger partial charge < -0.3 is 10.6 Å². The molecule has 0 fully saturated rings. The van der Waals surface area contributed by atoms with Crippen LogP contribution in [-0.4, -0.2) is 28.3 Å². The highest BCUT2D eigenvalue weighted by atomic mass is 15.3. The van der Waals surface area contributed by atoms with Gasteiger partial charge in [0.2, 0.25) is 0 Å². The molecule has 0 aromatic carbocycles. The van der Waals surface area contributed by atoms with Gasteiger partial charge in [-0.05, 0) is 33.1 Å². The summed E-state index contributed by atoms with van der Waals surface area (Å²) in [5.74, 6) is 0.889. The number of aryl methyl sites for hydroxylation is 2. The summed E-state index contributed by atoms with van der Waals surface area (Å²) in [7, 11) is 2.02. The second-order valence-electron chi connectivity index (χ2n) is 5.35. The van der Waals surface area contributed by atoms with Crippen molar-refractivity contribution in [2.24, 2.45) is 12.0 Å². The smallest absolute Gasteiger partial charge is 0.191 e. The fourth-order valence-corrected chi connectivity index (χ4v) is 2.39. The number of rotatable bonds is 7. The van der Waals surface area contributed by atoms with E-state index in [4.69, 9.17) is 4.99 Å². The SMILES string of the molecule is CCNC(=NCc1c(CC)nn(C)c1CC)NC(C)CC. The van der Waals surface area contributed by atoms with Crippen molar-refractivity contribution in [2.75, 3.05) is 6.54 Å². The molecule has 0 aliphatic rings. The highest BCUT2D eigenvalue weighted by Crippen LogP contribution is 2.16. The van der Waals surface area contributed by atoms with Crippen molar-refractivity contribution >= 4 is 5.96 Å². The molecule has 1 aromatic rings. The molecule has 0 radical (unpaired) electrons. The average molecular weight is 293 g/mol. The number of hydrogen-bond acceptors (Lipinski definition) is 2. The topological polar surface area (TPSA) is 54.2 Å². The number of aromatic nitrogens is 2. The first kappa shape index (κ1) is 17.5. The lowest BCUT2D eigenvalue weighted by Crippen LogP contribution is -2.41. The second kappa shape index (κ2) is 8.70. The molecule has 1 heterocycles. The molecule has 0 saturated heterocycles. The van der Waals surface area contributed by atoms with E-state index in [9.17, 15) is 0 Å². The van der Waals surface area contributed by atoms with Crippen LogP contribution in [0.15, 0.2) is 4.99 Å². The molecule has 0 aliphatic carbocycles. The Labute approximate surface area is 129 Å². The van der Waals surface area contributed by atoms with E-state index in [1.54, 1.807) is 0 Å². The highest BCUT2D eigenvalue weighted by molar-refractivity contribution is 5.80. The zero-order chi connectivity index (χ0) is 15.8. The van der Waals surface area contributed by atoms with Crippen LogP contribution in [0, 0.1) is 0 Å². The Morgan fingerprint density at radius 2 is 1.95 bits per heavy atom. The van der Waals surface area contributed by atoms with Gasteiger partial charge in [0.25, 0.3) is 0 Å². The lowest BCUT2D eigenvalue weighted by molar-refractivity contribution is 0.624. The maximum absolute atomic E-state index is 4.74. The number of nitrogens with one attached hydrogen (secondary N) is 2. The normalized spacial score (nSPS) is 13.3. The molecule has 0 bridgehead atoms. The molecule has 1 atom stereocenters. The third-order valence-electron chi connectivity index (χ3n) is 3.76. The summed E-state index contributed by atoms with van der Waals surface area (Å²) in [5, 5.41) is 11.4. The van der Waals surface area contributed by atoms with Crippen molar-refractivity contribution in [3.8, 4) is 0 Å². The van der Waals surface area contributed by atoms with E-state index in [1.807, 2.05) is 11.7 Å². The predicted molar refractivity (Wildman–Crippen MR) is 89.7 cm³/mol. The van der Waals surface area contributed by atoms with E-state index < -0.39 is 0 Å². The second-order valence-corrected chi connectivity index (χ2v) is 5.35. The Kier molecular flexibility index (Phi) is 7.26. The van der Waals surface area contributed by atoms with Crippen LogP contribution in [-0.2, 0) is 26.4 Å². The standard InChI is InChI=1S/C16H31N5/c1-7-12(5)19-16(17-10-4)18-11-13-14(8-2)20-21(6)15(13)9-3/h12H,7-11H2,1-6H3,(H2,17,18,19).